The van der Waals surface area contributed by atoms with Crippen molar-refractivity contribution in [2.45, 2.75) is 41.0 Å². The van der Waals surface area contributed by atoms with Crippen molar-refractivity contribution >= 4 is 11.6 Å². The molecule has 0 unspecified atom stereocenters. The second-order valence-electron chi connectivity index (χ2n) is 6.09. The van der Waals surface area contributed by atoms with Crippen molar-refractivity contribution in [3.05, 3.63) is 57.6 Å². The molecule has 0 aliphatic heterocycles. The number of ketones is 2. The van der Waals surface area contributed by atoms with E-state index in [9.17, 15) is 9.59 Å². The molecule has 0 fully saturated rings. The molecule has 0 aromatic rings. The van der Waals surface area contributed by atoms with E-state index in [1.54, 1.807) is 6.92 Å². The van der Waals surface area contributed by atoms with E-state index in [1.807, 2.05) is 39.8 Å². The first kappa shape index (κ1) is 19.7. The van der Waals surface area contributed by atoms with Crippen molar-refractivity contribution in [3.8, 4) is 0 Å². The van der Waals surface area contributed by atoms with E-state index in [1.165, 1.54) is 19.8 Å². The lowest BCUT2D eigenvalue weighted by Gasteiger charge is -2.19. The predicted octanol–water partition coefficient (Wildman–Crippen LogP) is 4.21. The van der Waals surface area contributed by atoms with E-state index in [0.29, 0.717) is 17.6 Å². The lowest BCUT2D eigenvalue weighted by molar-refractivity contribution is -0.121. The fourth-order valence-corrected chi connectivity index (χ4v) is 2.62. The first-order chi connectivity index (χ1) is 11.2. The lowest BCUT2D eigenvalue weighted by Crippen LogP contribution is -2.24. The first-order valence-corrected chi connectivity index (χ1v) is 7.84. The molecule has 0 radical (unpaired) electrons. The van der Waals surface area contributed by atoms with E-state index in [2.05, 4.69) is 6.08 Å². The third-order valence-corrected chi connectivity index (χ3v) is 3.69. The van der Waals surface area contributed by atoms with E-state index < -0.39 is 0 Å². The number of ether oxygens (including phenoxy) is 2. The highest BCUT2D eigenvalue weighted by molar-refractivity contribution is 6.23. The Hall–Kier alpha value is -2.36. The zero-order valence-corrected chi connectivity index (χ0v) is 15.6. The Morgan fingerprint density at radius 2 is 1.42 bits per heavy atom. The minimum Gasteiger partial charge on any atom is -0.489 e. The van der Waals surface area contributed by atoms with Crippen LogP contribution in [0.2, 0.25) is 0 Å². The van der Waals surface area contributed by atoms with Crippen LogP contribution in [0.25, 0.3) is 0 Å². The van der Waals surface area contributed by atoms with E-state index in [0.717, 1.165) is 11.1 Å². The van der Waals surface area contributed by atoms with Crippen LogP contribution >= 0.6 is 0 Å². The maximum absolute atomic E-state index is 12.5. The van der Waals surface area contributed by atoms with Gasteiger partial charge in [0, 0.05) is 11.1 Å². The molecule has 0 N–H and O–H groups in total. The van der Waals surface area contributed by atoms with Crippen LogP contribution in [0, 0.1) is 0 Å². The Labute approximate surface area is 144 Å². The summed E-state index contributed by atoms with van der Waals surface area (Å²) in [5.74, 6) is -0.638. The quantitative estimate of drug-likeness (QED) is 0.541. The molecule has 0 saturated carbocycles. The number of hydrogen-bond donors (Lipinski definition) is 0. The molecule has 0 spiro atoms. The summed E-state index contributed by atoms with van der Waals surface area (Å²) >= 11 is 0. The van der Waals surface area contributed by atoms with Gasteiger partial charge in [0.05, 0.1) is 14.2 Å². The molecule has 1 aliphatic rings. The van der Waals surface area contributed by atoms with Gasteiger partial charge in [-0.15, -0.1) is 0 Å². The molecule has 4 nitrogen and oxygen atoms in total. The summed E-state index contributed by atoms with van der Waals surface area (Å²) in [5.41, 5.74) is 4.26. The van der Waals surface area contributed by atoms with Gasteiger partial charge in [-0.05, 0) is 41.0 Å². The first-order valence-electron chi connectivity index (χ1n) is 7.84. The molecule has 24 heavy (non-hydrogen) atoms. The number of allylic oxidation sites excluding steroid dienone is 8. The summed E-state index contributed by atoms with van der Waals surface area (Å²) in [6.07, 6.45) is 6.46. The molecule has 1 rings (SSSR count). The maximum atomic E-state index is 12.5. The molecular formula is C20H26O4. The Balaban J connectivity index is 3.09. The van der Waals surface area contributed by atoms with Crippen molar-refractivity contribution in [1.82, 2.24) is 0 Å². The molecule has 1 aliphatic carbocycles. The van der Waals surface area contributed by atoms with Gasteiger partial charge in [-0.1, -0.05) is 34.9 Å². The SMILES string of the molecule is COC1=C(OC)C(=O)C(C/C=C(C)/C=C(\C)C=C(C)C)=C(C)C1=O. The minimum atomic E-state index is -0.300. The third-order valence-electron chi connectivity index (χ3n) is 3.69. The molecule has 0 aromatic heterocycles. The van der Waals surface area contributed by atoms with Crippen molar-refractivity contribution in [2.24, 2.45) is 0 Å². The van der Waals surface area contributed by atoms with Crippen LogP contribution in [0.15, 0.2) is 57.6 Å². The molecule has 0 saturated heterocycles. The molecule has 0 bridgehead atoms. The van der Waals surface area contributed by atoms with E-state index in [4.69, 9.17) is 9.47 Å². The largest absolute Gasteiger partial charge is 0.489 e. The van der Waals surface area contributed by atoms with Gasteiger partial charge < -0.3 is 9.47 Å². The third kappa shape index (κ3) is 4.57. The van der Waals surface area contributed by atoms with Gasteiger partial charge in [0.1, 0.15) is 0 Å². The lowest BCUT2D eigenvalue weighted by atomic mass is 9.90. The molecular weight excluding hydrogens is 304 g/mol. The molecule has 0 amide bonds. The zero-order chi connectivity index (χ0) is 18.4. The average Bonchev–Trinajstić information content (AvgIpc) is 2.49. The van der Waals surface area contributed by atoms with Crippen LogP contribution in [0.4, 0.5) is 0 Å². The summed E-state index contributed by atoms with van der Waals surface area (Å²) in [6.45, 7) is 9.74. The van der Waals surface area contributed by atoms with Crippen LogP contribution in [-0.4, -0.2) is 25.8 Å². The maximum Gasteiger partial charge on any atom is 0.228 e. The monoisotopic (exact) mass is 330 g/mol. The Morgan fingerprint density at radius 3 is 1.92 bits per heavy atom. The van der Waals surface area contributed by atoms with Gasteiger partial charge >= 0.3 is 0 Å². The Bertz CT molecular complexity index is 693. The number of hydrogen-bond acceptors (Lipinski definition) is 4. The van der Waals surface area contributed by atoms with Gasteiger partial charge in [-0.3, -0.25) is 9.59 Å². The van der Waals surface area contributed by atoms with E-state index in [-0.39, 0.29) is 23.1 Å². The van der Waals surface area contributed by atoms with Gasteiger partial charge in [0.15, 0.2) is 0 Å². The number of carbonyl (C=O) groups is 2. The normalized spacial score (nSPS) is 16.6. The molecule has 0 atom stereocenters. The zero-order valence-electron chi connectivity index (χ0n) is 15.6. The van der Waals surface area contributed by atoms with Crippen LogP contribution in [0.5, 0.6) is 0 Å². The predicted molar refractivity (Wildman–Crippen MR) is 95.3 cm³/mol. The highest BCUT2D eigenvalue weighted by Gasteiger charge is 2.33. The van der Waals surface area contributed by atoms with Gasteiger partial charge in [-0.25, -0.2) is 0 Å². The number of rotatable bonds is 6. The van der Waals surface area contributed by atoms with Gasteiger partial charge in [-0.2, -0.15) is 0 Å². The van der Waals surface area contributed by atoms with Crippen LogP contribution in [0.3, 0.4) is 0 Å². The van der Waals surface area contributed by atoms with Crippen LogP contribution in [0.1, 0.15) is 41.0 Å². The second-order valence-corrected chi connectivity index (χ2v) is 6.09. The molecule has 0 heterocycles. The number of methoxy groups -OCH3 is 2. The summed E-state index contributed by atoms with van der Waals surface area (Å²) in [4.78, 5) is 24.8. The molecule has 4 heteroatoms. The van der Waals surface area contributed by atoms with Crippen molar-refractivity contribution in [2.75, 3.05) is 14.2 Å². The van der Waals surface area contributed by atoms with Crippen LogP contribution < -0.4 is 0 Å². The van der Waals surface area contributed by atoms with Crippen molar-refractivity contribution < 1.29 is 19.1 Å². The average molecular weight is 330 g/mol. The van der Waals surface area contributed by atoms with Gasteiger partial charge in [0.2, 0.25) is 23.1 Å². The summed E-state index contributed by atoms with van der Waals surface area (Å²) in [6, 6.07) is 0. The highest BCUT2D eigenvalue weighted by Crippen LogP contribution is 2.28. The minimum absolute atomic E-state index is 0.0228. The van der Waals surface area contributed by atoms with Crippen molar-refractivity contribution in [3.63, 3.8) is 0 Å². The topological polar surface area (TPSA) is 52.6 Å². The Morgan fingerprint density at radius 1 is 0.875 bits per heavy atom. The smallest absolute Gasteiger partial charge is 0.228 e. The van der Waals surface area contributed by atoms with Crippen LogP contribution in [-0.2, 0) is 19.1 Å². The van der Waals surface area contributed by atoms with Gasteiger partial charge in [0.25, 0.3) is 0 Å². The standard InChI is InChI=1S/C20H26O4/c1-12(2)10-14(4)11-13(3)8-9-16-15(5)17(21)19(23-6)20(24-7)18(16)22/h8,10-11H,9H2,1-7H3/b13-8+,14-11+. The summed E-state index contributed by atoms with van der Waals surface area (Å²) in [7, 11) is 2.73. The number of carbonyl (C=O) groups excluding carboxylic acids is 2. The fourth-order valence-electron chi connectivity index (χ4n) is 2.62. The molecule has 0 aromatic carbocycles. The van der Waals surface area contributed by atoms with E-state index >= 15 is 0 Å². The second kappa shape index (κ2) is 8.48. The van der Waals surface area contributed by atoms with Crippen molar-refractivity contribution in [1.29, 1.82) is 0 Å². The Kier molecular flexibility index (Phi) is 6.96. The molecule has 130 valence electrons. The summed E-state index contributed by atoms with van der Waals surface area (Å²) in [5, 5.41) is 0. The highest BCUT2D eigenvalue weighted by atomic mass is 16.5. The summed E-state index contributed by atoms with van der Waals surface area (Å²) < 4.78 is 10.1. The fraction of sp³-hybridized carbons (Fsp3) is 0.400. The number of Topliss-reactive ketones (excluding diaryl/α,β-unsaturated/α-hetero) is 2.